The number of rotatable bonds is 7. The zero-order valence-corrected chi connectivity index (χ0v) is 27.1. The fraction of sp³-hybridized carbons (Fsp3) is 0.412. The first-order valence-electron chi connectivity index (χ1n) is 14.0. The third-order valence-corrected chi connectivity index (χ3v) is 41.5. The minimum absolute atomic E-state index is 0.540. The first-order valence-corrected chi connectivity index (χ1v) is 23.3. The van der Waals surface area contributed by atoms with Gasteiger partial charge in [0.05, 0.1) is 0 Å². The molecule has 0 N–H and O–H groups in total. The van der Waals surface area contributed by atoms with Crippen LogP contribution in [-0.4, -0.2) is 6.66 Å². The van der Waals surface area contributed by atoms with E-state index in [1.807, 2.05) is 7.76 Å². The molecule has 2 unspecified atom stereocenters. The molecule has 0 amide bonds. The van der Waals surface area contributed by atoms with Crippen LogP contribution in [0.2, 0.25) is 13.1 Å². The summed E-state index contributed by atoms with van der Waals surface area (Å²) < 4.78 is 6.37. The van der Waals surface area contributed by atoms with E-state index in [2.05, 4.69) is 129 Å². The summed E-state index contributed by atoms with van der Waals surface area (Å²) in [4.78, 5) is 0. The van der Waals surface area contributed by atoms with Gasteiger partial charge in [0, 0.05) is 0 Å². The molecule has 0 heterocycles. The van der Waals surface area contributed by atoms with Gasteiger partial charge in [0.15, 0.2) is 0 Å². The predicted molar refractivity (Wildman–Crippen MR) is 160 cm³/mol. The number of allylic oxidation sites excluding steroid dienone is 8. The van der Waals surface area contributed by atoms with Crippen molar-refractivity contribution in [2.45, 2.75) is 77.9 Å². The molecule has 0 saturated carbocycles. The van der Waals surface area contributed by atoms with Crippen molar-refractivity contribution in [3.8, 4) is 0 Å². The quantitative estimate of drug-likeness (QED) is 0.312. The van der Waals surface area contributed by atoms with Gasteiger partial charge in [-0.2, -0.15) is 0 Å². The monoisotopic (exact) mass is 531 g/mol. The van der Waals surface area contributed by atoms with Gasteiger partial charge in [-0.15, -0.1) is 0 Å². The molecule has 0 nitrogen and oxygen atoms in total. The van der Waals surface area contributed by atoms with E-state index >= 15 is 0 Å². The molecular weight excluding hydrogens is 484 g/mol. The molecule has 4 rings (SSSR count). The fourth-order valence-corrected chi connectivity index (χ4v) is 39.0. The minimum atomic E-state index is -3.72. The Balaban J connectivity index is 2.21. The van der Waals surface area contributed by atoms with Crippen molar-refractivity contribution in [2.75, 3.05) is 0 Å². The van der Waals surface area contributed by atoms with Gasteiger partial charge in [-0.25, -0.2) is 0 Å². The predicted octanol–water partition coefficient (Wildman–Crippen LogP) is 9.58. The van der Waals surface area contributed by atoms with Crippen molar-refractivity contribution in [3.63, 3.8) is 0 Å². The van der Waals surface area contributed by atoms with Crippen LogP contribution in [0.25, 0.3) is 0 Å². The molecule has 0 bridgehead atoms. The molecule has 0 fully saturated rings. The van der Waals surface area contributed by atoms with Crippen LogP contribution in [0.5, 0.6) is 0 Å². The van der Waals surface area contributed by atoms with Crippen molar-refractivity contribution >= 4 is 6.66 Å². The molecule has 191 valence electrons. The van der Waals surface area contributed by atoms with Crippen molar-refractivity contribution in [1.82, 2.24) is 0 Å². The molecule has 2 aromatic carbocycles. The second-order valence-corrected chi connectivity index (χ2v) is 34.2. The van der Waals surface area contributed by atoms with Gasteiger partial charge < -0.3 is 0 Å². The van der Waals surface area contributed by atoms with Crippen LogP contribution in [0.1, 0.15) is 66.5 Å². The molecule has 0 spiro atoms. The van der Waals surface area contributed by atoms with E-state index in [4.69, 9.17) is 0 Å². The maximum atomic E-state index is 2.73. The molecule has 0 radical (unpaired) electrons. The molecule has 2 aromatic rings. The normalized spacial score (nSPS) is 22.2. The summed E-state index contributed by atoms with van der Waals surface area (Å²) >= 11 is -3.72. The van der Waals surface area contributed by atoms with E-state index in [1.165, 1.54) is 9.45 Å². The maximum absolute atomic E-state index is 3.72. The molecule has 2 aliphatic carbocycles. The first kappa shape index (κ1) is 27.4. The Morgan fingerprint density at radius 3 is 1.14 bits per heavy atom. The van der Waals surface area contributed by atoms with E-state index in [1.54, 1.807) is 44.6 Å². The van der Waals surface area contributed by atoms with Crippen molar-refractivity contribution in [3.05, 3.63) is 113 Å². The summed E-state index contributed by atoms with van der Waals surface area (Å²) in [6.45, 7) is 23.9. The Morgan fingerprint density at radius 1 is 0.556 bits per heavy atom. The summed E-state index contributed by atoms with van der Waals surface area (Å²) in [7, 11) is 0. The third-order valence-electron chi connectivity index (χ3n) is 10.9. The van der Waals surface area contributed by atoms with Crippen LogP contribution in [0.15, 0.2) is 102 Å². The van der Waals surface area contributed by atoms with Gasteiger partial charge in [-0.1, -0.05) is 0 Å². The van der Waals surface area contributed by atoms with Crippen LogP contribution in [0, 0.1) is 11.8 Å². The van der Waals surface area contributed by atoms with E-state index in [-0.39, 0.29) is 0 Å². The summed E-state index contributed by atoms with van der Waals surface area (Å²) in [5.74, 6) is 1.08. The second kappa shape index (κ2) is 9.90. The standard InChI is InChI=1S/2C9H13.2C7H7.C2H7Si.Ti/c2*1-6-5-7(2)9(4)8(6)3;2*1-7-5-3-2-4-6-7;1-3-2;/h2*6H,1-4H3;2*2-6H,1H2;3H,1-2H3;. The zero-order valence-electron chi connectivity index (χ0n) is 24.4. The number of hydrogen-bond donors (Lipinski definition) is 0. The Hall–Kier alpha value is -1.67. The summed E-state index contributed by atoms with van der Waals surface area (Å²) in [5, 5.41) is 0. The number of hydrogen-bond acceptors (Lipinski definition) is 0. The van der Waals surface area contributed by atoms with Gasteiger partial charge in [0.2, 0.25) is 0 Å². The van der Waals surface area contributed by atoms with Gasteiger partial charge >= 0.3 is 224 Å². The van der Waals surface area contributed by atoms with Gasteiger partial charge in [-0.05, 0) is 0 Å². The van der Waals surface area contributed by atoms with E-state index in [0.717, 1.165) is 0 Å². The Bertz CT molecular complexity index is 1190. The molecule has 2 aliphatic rings. The first-order chi connectivity index (χ1) is 17.0. The topological polar surface area (TPSA) is 0 Å². The third kappa shape index (κ3) is 3.89. The molecule has 2 heteroatoms. The summed E-state index contributed by atoms with van der Waals surface area (Å²) in [6, 6.07) is 23.1. The second-order valence-electron chi connectivity index (χ2n) is 12.4. The van der Waals surface area contributed by atoms with Gasteiger partial charge in [0.1, 0.15) is 0 Å². The van der Waals surface area contributed by atoms with Crippen molar-refractivity contribution in [1.29, 1.82) is 0 Å². The van der Waals surface area contributed by atoms with Crippen LogP contribution in [0.3, 0.4) is 0 Å². The molecule has 0 aliphatic heterocycles. The van der Waals surface area contributed by atoms with Crippen LogP contribution >= 0.6 is 0 Å². The summed E-state index contributed by atoms with van der Waals surface area (Å²) in [6.07, 6.45) is 0. The van der Waals surface area contributed by atoms with E-state index in [0.29, 0.717) is 11.8 Å². The Labute approximate surface area is 223 Å². The molecule has 2 atom stereocenters. The van der Waals surface area contributed by atoms with E-state index < -0.39 is 21.2 Å². The Kier molecular flexibility index (Phi) is 7.52. The van der Waals surface area contributed by atoms with E-state index in [9.17, 15) is 0 Å². The van der Waals surface area contributed by atoms with Crippen LogP contribution in [0.4, 0.5) is 0 Å². The molecule has 0 saturated heterocycles. The van der Waals surface area contributed by atoms with Crippen LogP contribution < -0.4 is 0 Å². The Morgan fingerprint density at radius 2 is 0.889 bits per heavy atom. The van der Waals surface area contributed by atoms with Gasteiger partial charge in [0.25, 0.3) is 0 Å². The number of benzene rings is 2. The van der Waals surface area contributed by atoms with Crippen LogP contribution in [-0.2, 0) is 24.0 Å². The molecule has 36 heavy (non-hydrogen) atoms. The fourth-order valence-electron chi connectivity index (χ4n) is 8.48. The molecular formula is C34H47SiTi. The summed E-state index contributed by atoms with van der Waals surface area (Å²) in [5.41, 5.74) is 12.7. The molecule has 0 aromatic heterocycles. The average Bonchev–Trinajstić information content (AvgIpc) is 3.18. The van der Waals surface area contributed by atoms with Crippen molar-refractivity contribution in [2.24, 2.45) is 11.8 Å². The average molecular weight is 532 g/mol. The zero-order chi connectivity index (χ0) is 26.4. The van der Waals surface area contributed by atoms with Gasteiger partial charge in [-0.3, -0.25) is 0 Å². The van der Waals surface area contributed by atoms with Crippen molar-refractivity contribution < 1.29 is 14.6 Å². The SMILES string of the molecule is CC1=C(C)C(C)[C]([Ti]([CH2]c2ccccc2)([CH2]c2ccccc2)([C]2=C(C)C(C)=C(C)C2C)[SiH](C)C)=C1C.